The van der Waals surface area contributed by atoms with Crippen LogP contribution in [0.25, 0.3) is 0 Å². The van der Waals surface area contributed by atoms with E-state index in [1.165, 1.54) is 18.3 Å². The highest BCUT2D eigenvalue weighted by Gasteiger charge is 2.12. The van der Waals surface area contributed by atoms with E-state index in [2.05, 4.69) is 10.3 Å². The Morgan fingerprint density at radius 2 is 2.33 bits per heavy atom. The molecule has 2 N–H and O–H groups in total. The summed E-state index contributed by atoms with van der Waals surface area (Å²) >= 11 is 0. The van der Waals surface area contributed by atoms with E-state index in [1.807, 2.05) is 0 Å². The second-order valence-electron chi connectivity index (χ2n) is 2.99. The molecule has 0 radical (unpaired) electrons. The summed E-state index contributed by atoms with van der Waals surface area (Å²) in [6.45, 7) is 0.699. The standard InChI is InChI=1S/C9H13N3O3/c13-7-2-1-5-10-9-8(12(14)15)4-3-6-11-9/h3-4,6,13H,1-2,5,7H2,(H,10,11). The van der Waals surface area contributed by atoms with Crippen molar-refractivity contribution in [1.29, 1.82) is 0 Å². The first-order chi connectivity index (χ1) is 7.25. The fraction of sp³-hybridized carbons (Fsp3) is 0.444. The Bertz CT molecular complexity index is 330. The molecule has 15 heavy (non-hydrogen) atoms. The van der Waals surface area contributed by atoms with Gasteiger partial charge in [-0.1, -0.05) is 0 Å². The SMILES string of the molecule is O=[N+]([O-])c1cccnc1NCCCCO. The highest BCUT2D eigenvalue weighted by molar-refractivity contribution is 5.54. The topological polar surface area (TPSA) is 88.3 Å². The van der Waals surface area contributed by atoms with Gasteiger partial charge in [-0.05, 0) is 18.9 Å². The largest absolute Gasteiger partial charge is 0.396 e. The molecule has 6 heteroatoms. The van der Waals surface area contributed by atoms with E-state index in [0.29, 0.717) is 13.0 Å². The summed E-state index contributed by atoms with van der Waals surface area (Å²) in [4.78, 5) is 14.0. The second-order valence-corrected chi connectivity index (χ2v) is 2.99. The molecule has 0 unspecified atom stereocenters. The van der Waals surface area contributed by atoms with Gasteiger partial charge in [0.05, 0.1) is 4.92 Å². The molecule has 0 atom stereocenters. The summed E-state index contributed by atoms with van der Waals surface area (Å²) in [5.41, 5.74) is -0.0264. The average Bonchev–Trinajstić information content (AvgIpc) is 2.25. The predicted octanol–water partition coefficient (Wildman–Crippen LogP) is 1.17. The lowest BCUT2D eigenvalue weighted by Gasteiger charge is -2.04. The van der Waals surface area contributed by atoms with E-state index in [4.69, 9.17) is 5.11 Å². The molecule has 82 valence electrons. The molecular weight excluding hydrogens is 198 g/mol. The Morgan fingerprint density at radius 3 is 3.00 bits per heavy atom. The molecule has 1 aromatic rings. The summed E-state index contributed by atoms with van der Waals surface area (Å²) in [5, 5.41) is 22.0. The van der Waals surface area contributed by atoms with Gasteiger partial charge in [0.2, 0.25) is 5.82 Å². The maximum Gasteiger partial charge on any atom is 0.311 e. The van der Waals surface area contributed by atoms with E-state index in [0.717, 1.165) is 6.42 Å². The molecule has 0 fully saturated rings. The third kappa shape index (κ3) is 3.51. The van der Waals surface area contributed by atoms with Crippen LogP contribution in [0.1, 0.15) is 12.8 Å². The molecule has 0 amide bonds. The minimum Gasteiger partial charge on any atom is -0.396 e. The molecule has 6 nitrogen and oxygen atoms in total. The summed E-state index contributed by atoms with van der Waals surface area (Å²) in [6, 6.07) is 2.93. The summed E-state index contributed by atoms with van der Waals surface area (Å²) in [7, 11) is 0. The number of hydrogen-bond donors (Lipinski definition) is 2. The molecule has 1 aromatic heterocycles. The van der Waals surface area contributed by atoms with Crippen molar-refractivity contribution in [2.45, 2.75) is 12.8 Å². The van der Waals surface area contributed by atoms with Crippen molar-refractivity contribution in [3.8, 4) is 0 Å². The number of pyridine rings is 1. The summed E-state index contributed by atoms with van der Waals surface area (Å²) < 4.78 is 0. The van der Waals surface area contributed by atoms with Gasteiger partial charge in [0.1, 0.15) is 0 Å². The number of hydrogen-bond acceptors (Lipinski definition) is 5. The highest BCUT2D eigenvalue weighted by atomic mass is 16.6. The molecule has 0 spiro atoms. The molecule has 0 saturated carbocycles. The second kappa shape index (κ2) is 5.92. The Labute approximate surface area is 87.1 Å². The maximum absolute atomic E-state index is 10.6. The fourth-order valence-corrected chi connectivity index (χ4v) is 1.12. The van der Waals surface area contributed by atoms with Crippen LogP contribution in [0, 0.1) is 10.1 Å². The molecule has 0 saturated heterocycles. The van der Waals surface area contributed by atoms with Crippen LogP contribution in [-0.2, 0) is 0 Å². The number of nitrogens with zero attached hydrogens (tertiary/aromatic N) is 2. The van der Waals surface area contributed by atoms with Crippen molar-refractivity contribution in [3.63, 3.8) is 0 Å². The van der Waals surface area contributed by atoms with Crippen LogP contribution in [0.4, 0.5) is 11.5 Å². The number of aromatic nitrogens is 1. The molecule has 0 aliphatic heterocycles. The van der Waals surface area contributed by atoms with Gasteiger partial charge in [-0.2, -0.15) is 0 Å². The zero-order valence-electron chi connectivity index (χ0n) is 8.22. The van der Waals surface area contributed by atoms with Crippen LogP contribution in [0.5, 0.6) is 0 Å². The molecule has 0 aliphatic rings. The van der Waals surface area contributed by atoms with Crippen molar-refractivity contribution in [2.24, 2.45) is 0 Å². The smallest absolute Gasteiger partial charge is 0.311 e. The highest BCUT2D eigenvalue weighted by Crippen LogP contribution is 2.19. The first-order valence-electron chi connectivity index (χ1n) is 4.70. The maximum atomic E-state index is 10.6. The van der Waals surface area contributed by atoms with E-state index < -0.39 is 4.92 Å². The predicted molar refractivity (Wildman–Crippen MR) is 55.7 cm³/mol. The first kappa shape index (κ1) is 11.4. The Balaban J connectivity index is 2.56. The Hall–Kier alpha value is -1.69. The van der Waals surface area contributed by atoms with E-state index in [1.54, 1.807) is 0 Å². The third-order valence-electron chi connectivity index (χ3n) is 1.86. The monoisotopic (exact) mass is 211 g/mol. The van der Waals surface area contributed by atoms with Gasteiger partial charge < -0.3 is 10.4 Å². The van der Waals surface area contributed by atoms with Crippen LogP contribution in [0.3, 0.4) is 0 Å². The van der Waals surface area contributed by atoms with Crippen LogP contribution in [0.15, 0.2) is 18.3 Å². The van der Waals surface area contributed by atoms with Gasteiger partial charge in [-0.3, -0.25) is 10.1 Å². The van der Waals surface area contributed by atoms with E-state index >= 15 is 0 Å². The lowest BCUT2D eigenvalue weighted by Crippen LogP contribution is -2.06. The Kier molecular flexibility index (Phi) is 4.49. The third-order valence-corrected chi connectivity index (χ3v) is 1.86. The zero-order chi connectivity index (χ0) is 11.1. The van der Waals surface area contributed by atoms with Gasteiger partial charge in [-0.15, -0.1) is 0 Å². The molecule has 0 aromatic carbocycles. The van der Waals surface area contributed by atoms with Gasteiger partial charge in [0, 0.05) is 25.4 Å². The minimum absolute atomic E-state index is 0.0264. The minimum atomic E-state index is -0.471. The van der Waals surface area contributed by atoms with Gasteiger partial charge in [-0.25, -0.2) is 4.98 Å². The number of rotatable bonds is 6. The number of aliphatic hydroxyl groups excluding tert-OH is 1. The van der Waals surface area contributed by atoms with Crippen molar-refractivity contribution in [3.05, 3.63) is 28.4 Å². The number of nitrogens with one attached hydrogen (secondary N) is 1. The van der Waals surface area contributed by atoms with Crippen molar-refractivity contribution < 1.29 is 10.0 Å². The number of anilines is 1. The van der Waals surface area contributed by atoms with Crippen LogP contribution >= 0.6 is 0 Å². The average molecular weight is 211 g/mol. The van der Waals surface area contributed by atoms with Gasteiger partial charge in [0.25, 0.3) is 0 Å². The molecule has 1 rings (SSSR count). The quantitative estimate of drug-likeness (QED) is 0.419. The molecule has 0 bridgehead atoms. The van der Waals surface area contributed by atoms with Crippen LogP contribution < -0.4 is 5.32 Å². The summed E-state index contributed by atoms with van der Waals surface area (Å²) in [6.07, 6.45) is 2.93. The van der Waals surface area contributed by atoms with Crippen LogP contribution in [-0.4, -0.2) is 28.2 Å². The molecule has 0 aliphatic carbocycles. The van der Waals surface area contributed by atoms with E-state index in [-0.39, 0.29) is 18.1 Å². The van der Waals surface area contributed by atoms with Crippen molar-refractivity contribution in [2.75, 3.05) is 18.5 Å². The van der Waals surface area contributed by atoms with Crippen molar-refractivity contribution in [1.82, 2.24) is 4.98 Å². The normalized spacial score (nSPS) is 9.93. The summed E-state index contributed by atoms with van der Waals surface area (Å²) in [5.74, 6) is 0.278. The van der Waals surface area contributed by atoms with Gasteiger partial charge in [0.15, 0.2) is 0 Å². The number of unbranched alkanes of at least 4 members (excludes halogenated alkanes) is 1. The Morgan fingerprint density at radius 1 is 1.53 bits per heavy atom. The molecular formula is C9H13N3O3. The lowest BCUT2D eigenvalue weighted by atomic mass is 10.3. The number of nitro groups is 1. The van der Waals surface area contributed by atoms with Gasteiger partial charge >= 0.3 is 5.69 Å². The molecule has 1 heterocycles. The van der Waals surface area contributed by atoms with E-state index in [9.17, 15) is 10.1 Å². The lowest BCUT2D eigenvalue weighted by molar-refractivity contribution is -0.384. The number of aliphatic hydroxyl groups is 1. The van der Waals surface area contributed by atoms with Crippen LogP contribution in [0.2, 0.25) is 0 Å². The zero-order valence-corrected chi connectivity index (χ0v) is 8.22. The fourth-order valence-electron chi connectivity index (χ4n) is 1.12. The van der Waals surface area contributed by atoms with Crippen molar-refractivity contribution >= 4 is 11.5 Å². The first-order valence-corrected chi connectivity index (χ1v) is 4.70.